The minimum Gasteiger partial charge on any atom is -0.384 e. The van der Waals surface area contributed by atoms with Crippen molar-refractivity contribution in [2.24, 2.45) is 5.92 Å². The second-order valence-corrected chi connectivity index (χ2v) is 7.29. The van der Waals surface area contributed by atoms with Crippen LogP contribution < -0.4 is 5.56 Å². The van der Waals surface area contributed by atoms with Crippen LogP contribution in [0.1, 0.15) is 24.5 Å². The quantitative estimate of drug-likeness (QED) is 0.849. The summed E-state index contributed by atoms with van der Waals surface area (Å²) in [5, 5.41) is 0. The molecule has 0 N–H and O–H groups in total. The number of carbonyl (C=O) groups excluding carboxylic acids is 1. The third-order valence-electron chi connectivity index (χ3n) is 5.55. The third kappa shape index (κ3) is 3.07. The maximum Gasteiger partial charge on any atom is 0.250 e. The molecule has 0 radical (unpaired) electrons. The minimum absolute atomic E-state index is 0.0635. The number of piperidine rings is 1. The Kier molecular flexibility index (Phi) is 4.64. The molecular weight excluding hydrogens is 328 g/mol. The molecule has 3 heterocycles. The minimum atomic E-state index is 0.0635. The van der Waals surface area contributed by atoms with E-state index in [1.54, 1.807) is 13.2 Å². The van der Waals surface area contributed by atoms with Crippen LogP contribution >= 0.6 is 0 Å². The highest BCUT2D eigenvalue weighted by Crippen LogP contribution is 2.39. The summed E-state index contributed by atoms with van der Waals surface area (Å²) in [6, 6.07) is 13.8. The van der Waals surface area contributed by atoms with Crippen molar-refractivity contribution in [2.75, 3.05) is 26.8 Å². The molecule has 1 amide bonds. The van der Waals surface area contributed by atoms with Crippen molar-refractivity contribution in [3.05, 3.63) is 58.5 Å². The van der Waals surface area contributed by atoms with Crippen molar-refractivity contribution in [1.29, 1.82) is 0 Å². The van der Waals surface area contributed by atoms with E-state index in [-0.39, 0.29) is 17.4 Å². The van der Waals surface area contributed by atoms with Crippen LogP contribution in [0.3, 0.4) is 0 Å². The predicted molar refractivity (Wildman–Crippen MR) is 100 cm³/mol. The van der Waals surface area contributed by atoms with Crippen LogP contribution in [-0.2, 0) is 16.1 Å². The molecule has 0 unspecified atom stereocenters. The fraction of sp³-hybridized carbons (Fsp3) is 0.429. The number of rotatable bonds is 4. The topological polar surface area (TPSA) is 51.5 Å². The van der Waals surface area contributed by atoms with Crippen LogP contribution in [0.4, 0.5) is 0 Å². The molecule has 1 aromatic carbocycles. The van der Waals surface area contributed by atoms with Gasteiger partial charge < -0.3 is 14.2 Å². The summed E-state index contributed by atoms with van der Waals surface area (Å²) in [5.74, 6) is 0.698. The first-order valence-electron chi connectivity index (χ1n) is 9.23. The number of hydrogen-bond acceptors (Lipinski definition) is 3. The molecule has 2 aromatic rings. The number of pyridine rings is 1. The molecule has 5 heteroatoms. The number of ether oxygens (including phenoxy) is 1. The highest BCUT2D eigenvalue weighted by Gasteiger charge is 2.37. The normalized spacial score (nSPS) is 21.3. The molecule has 4 rings (SSSR count). The molecule has 136 valence electrons. The molecule has 5 nitrogen and oxygen atoms in total. The van der Waals surface area contributed by atoms with Gasteiger partial charge in [0, 0.05) is 50.0 Å². The maximum atomic E-state index is 12.5. The third-order valence-corrected chi connectivity index (χ3v) is 5.55. The number of likely N-dealkylation sites (tertiary alicyclic amines) is 1. The van der Waals surface area contributed by atoms with Gasteiger partial charge in [-0.2, -0.15) is 0 Å². The van der Waals surface area contributed by atoms with Gasteiger partial charge in [-0.3, -0.25) is 9.59 Å². The number of methoxy groups -OCH3 is 1. The Labute approximate surface area is 153 Å². The van der Waals surface area contributed by atoms with E-state index < -0.39 is 0 Å². The summed E-state index contributed by atoms with van der Waals surface area (Å²) in [6.45, 7) is 2.57. The summed E-state index contributed by atoms with van der Waals surface area (Å²) in [4.78, 5) is 27.0. The smallest absolute Gasteiger partial charge is 0.250 e. The van der Waals surface area contributed by atoms with E-state index >= 15 is 0 Å². The highest BCUT2D eigenvalue weighted by molar-refractivity contribution is 5.76. The number of aromatic nitrogens is 1. The van der Waals surface area contributed by atoms with E-state index in [1.807, 2.05) is 33.7 Å². The van der Waals surface area contributed by atoms with Crippen molar-refractivity contribution in [2.45, 2.75) is 25.3 Å². The molecule has 2 atom stereocenters. The van der Waals surface area contributed by atoms with Crippen molar-refractivity contribution >= 4 is 5.91 Å². The van der Waals surface area contributed by atoms with Gasteiger partial charge in [0.25, 0.3) is 5.56 Å². The predicted octanol–water partition coefficient (Wildman–Crippen LogP) is 2.50. The SMILES string of the molecule is COCCC(=O)N1C[C@@H]2C[C@H](C1)c1c(-c3ccccc3)ccc(=O)n1C2. The van der Waals surface area contributed by atoms with Crippen LogP contribution in [0.25, 0.3) is 11.1 Å². The van der Waals surface area contributed by atoms with Crippen molar-refractivity contribution in [3.8, 4) is 11.1 Å². The molecule has 1 fully saturated rings. The van der Waals surface area contributed by atoms with Gasteiger partial charge in [0.05, 0.1) is 13.0 Å². The Balaban J connectivity index is 1.71. The lowest BCUT2D eigenvalue weighted by Gasteiger charge is -2.43. The monoisotopic (exact) mass is 352 g/mol. The molecule has 0 saturated carbocycles. The molecule has 26 heavy (non-hydrogen) atoms. The van der Waals surface area contributed by atoms with E-state index in [0.29, 0.717) is 32.0 Å². The van der Waals surface area contributed by atoms with Crippen LogP contribution in [-0.4, -0.2) is 42.2 Å². The van der Waals surface area contributed by atoms with E-state index in [4.69, 9.17) is 4.74 Å². The Morgan fingerprint density at radius 3 is 2.69 bits per heavy atom. The zero-order valence-electron chi connectivity index (χ0n) is 15.1. The maximum absolute atomic E-state index is 12.5. The van der Waals surface area contributed by atoms with Crippen LogP contribution in [0.2, 0.25) is 0 Å². The van der Waals surface area contributed by atoms with Gasteiger partial charge in [-0.15, -0.1) is 0 Å². The summed E-state index contributed by atoms with van der Waals surface area (Å²) < 4.78 is 7.00. The van der Waals surface area contributed by atoms with Gasteiger partial charge in [0.2, 0.25) is 5.91 Å². The van der Waals surface area contributed by atoms with Gasteiger partial charge in [0.1, 0.15) is 0 Å². The van der Waals surface area contributed by atoms with Crippen molar-refractivity contribution in [3.63, 3.8) is 0 Å². The van der Waals surface area contributed by atoms with Crippen LogP contribution in [0.15, 0.2) is 47.3 Å². The molecule has 2 bridgehead atoms. The second-order valence-electron chi connectivity index (χ2n) is 7.29. The summed E-state index contributed by atoms with van der Waals surface area (Å²) in [6.07, 6.45) is 1.46. The van der Waals surface area contributed by atoms with Crippen molar-refractivity contribution < 1.29 is 9.53 Å². The molecular formula is C21H24N2O3. The highest BCUT2D eigenvalue weighted by atomic mass is 16.5. The molecule has 1 aromatic heterocycles. The second kappa shape index (κ2) is 7.08. The van der Waals surface area contributed by atoms with E-state index in [1.165, 1.54) is 0 Å². The van der Waals surface area contributed by atoms with Gasteiger partial charge in [-0.1, -0.05) is 30.3 Å². The van der Waals surface area contributed by atoms with Gasteiger partial charge in [0.15, 0.2) is 0 Å². The van der Waals surface area contributed by atoms with Crippen molar-refractivity contribution in [1.82, 2.24) is 9.47 Å². The van der Waals surface area contributed by atoms with E-state index in [2.05, 4.69) is 12.1 Å². The number of benzene rings is 1. The number of carbonyl (C=O) groups is 1. The van der Waals surface area contributed by atoms with Crippen LogP contribution in [0.5, 0.6) is 0 Å². The zero-order chi connectivity index (χ0) is 18.1. The number of amides is 1. The lowest BCUT2D eigenvalue weighted by molar-refractivity contribution is -0.134. The average molecular weight is 352 g/mol. The number of hydrogen-bond donors (Lipinski definition) is 0. The Morgan fingerprint density at radius 2 is 1.92 bits per heavy atom. The first-order chi connectivity index (χ1) is 12.7. The molecule has 2 aliphatic heterocycles. The molecule has 1 saturated heterocycles. The van der Waals surface area contributed by atoms with E-state index in [0.717, 1.165) is 29.8 Å². The first kappa shape index (κ1) is 17.0. The van der Waals surface area contributed by atoms with E-state index in [9.17, 15) is 9.59 Å². The molecule has 0 spiro atoms. The standard InChI is InChI=1S/C21H24N2O3/c1-26-10-9-19(24)22-12-15-11-17(14-22)21-18(16-5-3-2-4-6-16)7-8-20(25)23(21)13-15/h2-8,15,17H,9-14H2,1H3/t15-,17+/m0/s1. The Morgan fingerprint density at radius 1 is 1.12 bits per heavy atom. The number of fused-ring (bicyclic) bond motifs is 4. The number of nitrogens with zero attached hydrogens (tertiary/aromatic N) is 2. The fourth-order valence-corrected chi connectivity index (χ4v) is 4.43. The Hall–Kier alpha value is -2.40. The van der Waals surface area contributed by atoms with Gasteiger partial charge in [-0.25, -0.2) is 0 Å². The summed E-state index contributed by atoms with van der Waals surface area (Å²) >= 11 is 0. The first-order valence-corrected chi connectivity index (χ1v) is 9.23. The molecule has 0 aliphatic carbocycles. The van der Waals surface area contributed by atoms with Crippen LogP contribution in [0, 0.1) is 5.92 Å². The van der Waals surface area contributed by atoms with Gasteiger partial charge >= 0.3 is 0 Å². The molecule has 2 aliphatic rings. The summed E-state index contributed by atoms with van der Waals surface area (Å²) in [7, 11) is 1.62. The Bertz CT molecular complexity index is 859. The summed E-state index contributed by atoms with van der Waals surface area (Å²) in [5.41, 5.74) is 3.38. The zero-order valence-corrected chi connectivity index (χ0v) is 15.1. The fourth-order valence-electron chi connectivity index (χ4n) is 4.43. The lowest BCUT2D eigenvalue weighted by Crippen LogP contribution is -2.49. The lowest BCUT2D eigenvalue weighted by atomic mass is 9.80. The largest absolute Gasteiger partial charge is 0.384 e. The average Bonchev–Trinajstić information content (AvgIpc) is 2.67. The van der Waals surface area contributed by atoms with Gasteiger partial charge in [-0.05, 0) is 24.0 Å².